The molecule has 1 aromatic carbocycles. The summed E-state index contributed by atoms with van der Waals surface area (Å²) in [5.74, 6) is -0.438. The molecule has 1 heterocycles. The third kappa shape index (κ3) is 3.22. The zero-order chi connectivity index (χ0) is 17.7. The van der Waals surface area contributed by atoms with E-state index in [-0.39, 0.29) is 11.8 Å². The van der Waals surface area contributed by atoms with Crippen LogP contribution < -0.4 is 5.32 Å². The predicted molar refractivity (Wildman–Crippen MR) is 97.0 cm³/mol. The Morgan fingerprint density at radius 1 is 1.21 bits per heavy atom. The quantitative estimate of drug-likeness (QED) is 0.746. The zero-order valence-electron chi connectivity index (χ0n) is 12.9. The number of amides is 2. The lowest BCUT2D eigenvalue weighted by Crippen LogP contribution is -2.46. The van der Waals surface area contributed by atoms with Crippen molar-refractivity contribution in [2.24, 2.45) is 5.41 Å². The van der Waals surface area contributed by atoms with Crippen LogP contribution in [0.25, 0.3) is 0 Å². The molecule has 2 aliphatic rings. The van der Waals surface area contributed by atoms with E-state index < -0.39 is 15.8 Å². The highest BCUT2D eigenvalue weighted by Crippen LogP contribution is 2.64. The fraction of sp³-hybridized carbons (Fsp3) is 0.500. The molecule has 3 rings (SSSR count). The van der Waals surface area contributed by atoms with E-state index in [0.717, 1.165) is 6.42 Å². The van der Waals surface area contributed by atoms with Crippen LogP contribution in [0, 0.1) is 5.41 Å². The maximum atomic E-state index is 12.8. The van der Waals surface area contributed by atoms with E-state index in [9.17, 15) is 9.59 Å². The van der Waals surface area contributed by atoms with E-state index in [4.69, 9.17) is 46.4 Å². The number of halogens is 4. The molecule has 0 spiro atoms. The number of carbonyl (C=O) groups excluding carboxylic acids is 2. The number of nitrogens with one attached hydrogen (secondary N) is 1. The summed E-state index contributed by atoms with van der Waals surface area (Å²) < 4.78 is -1.05. The molecule has 0 bridgehead atoms. The van der Waals surface area contributed by atoms with Crippen molar-refractivity contribution in [2.75, 3.05) is 11.9 Å². The predicted octanol–water partition coefficient (Wildman–Crippen LogP) is 4.51. The maximum Gasteiger partial charge on any atom is 0.247 e. The van der Waals surface area contributed by atoms with Crippen molar-refractivity contribution >= 4 is 63.9 Å². The summed E-state index contributed by atoms with van der Waals surface area (Å²) in [7, 11) is 0. The smallest absolute Gasteiger partial charge is 0.247 e. The van der Waals surface area contributed by atoms with Crippen molar-refractivity contribution in [1.29, 1.82) is 0 Å². The molecule has 2 unspecified atom stereocenters. The second kappa shape index (κ2) is 6.24. The largest absolute Gasteiger partial charge is 0.330 e. The fourth-order valence-electron chi connectivity index (χ4n) is 3.08. The van der Waals surface area contributed by atoms with Gasteiger partial charge in [0, 0.05) is 22.3 Å². The second-order valence-electron chi connectivity index (χ2n) is 6.52. The molecule has 0 aromatic heterocycles. The van der Waals surface area contributed by atoms with Crippen LogP contribution in [0.4, 0.5) is 5.69 Å². The maximum absolute atomic E-state index is 12.8. The van der Waals surface area contributed by atoms with Crippen LogP contribution in [0.3, 0.4) is 0 Å². The summed E-state index contributed by atoms with van der Waals surface area (Å²) >= 11 is 24.1. The van der Waals surface area contributed by atoms with Crippen LogP contribution in [0.5, 0.6) is 0 Å². The van der Waals surface area contributed by atoms with Crippen LogP contribution >= 0.6 is 46.4 Å². The Kier molecular flexibility index (Phi) is 4.71. The van der Waals surface area contributed by atoms with Crippen molar-refractivity contribution < 1.29 is 9.59 Å². The van der Waals surface area contributed by atoms with Gasteiger partial charge < -0.3 is 10.2 Å². The van der Waals surface area contributed by atoms with E-state index in [1.807, 2.05) is 0 Å². The van der Waals surface area contributed by atoms with Crippen LogP contribution in [0.15, 0.2) is 18.2 Å². The molecule has 1 saturated carbocycles. The van der Waals surface area contributed by atoms with Crippen LogP contribution in [-0.4, -0.2) is 33.6 Å². The Balaban J connectivity index is 1.73. The number of alkyl halides is 2. The summed E-state index contributed by atoms with van der Waals surface area (Å²) in [5.41, 5.74) is -0.323. The summed E-state index contributed by atoms with van der Waals surface area (Å²) in [6.45, 7) is 2.26. The minimum atomic E-state index is -1.05. The molecule has 2 atom stereocenters. The molecule has 8 heteroatoms. The van der Waals surface area contributed by atoms with Crippen molar-refractivity contribution in [3.05, 3.63) is 28.2 Å². The van der Waals surface area contributed by atoms with Crippen LogP contribution in [-0.2, 0) is 9.59 Å². The summed E-state index contributed by atoms with van der Waals surface area (Å²) in [5, 5.41) is 3.63. The first-order chi connectivity index (χ1) is 11.1. The molecule has 2 amide bonds. The van der Waals surface area contributed by atoms with Gasteiger partial charge in [0.25, 0.3) is 0 Å². The Morgan fingerprint density at radius 2 is 1.79 bits per heavy atom. The SMILES string of the molecule is CC1(C(=O)N2CCCC2C(=O)Nc2cc(Cl)cc(Cl)c2)CC1(Cl)Cl. The Bertz CT molecular complexity index is 689. The Hall–Kier alpha value is -0.680. The standard InChI is InChI=1S/C16H16Cl4N2O2/c1-15(8-16(15,19)20)14(24)22-4-2-3-12(22)13(23)21-11-6-9(17)5-10(18)7-11/h5-7,12H,2-4,8H2,1H3,(H,21,23). The highest BCUT2D eigenvalue weighted by molar-refractivity contribution is 6.53. The monoisotopic (exact) mass is 408 g/mol. The van der Waals surface area contributed by atoms with Crippen molar-refractivity contribution in [3.63, 3.8) is 0 Å². The van der Waals surface area contributed by atoms with E-state index in [0.29, 0.717) is 35.1 Å². The number of nitrogens with zero attached hydrogens (tertiary/aromatic N) is 1. The first kappa shape index (κ1) is 18.1. The zero-order valence-corrected chi connectivity index (χ0v) is 15.9. The van der Waals surface area contributed by atoms with Gasteiger partial charge >= 0.3 is 0 Å². The lowest BCUT2D eigenvalue weighted by Gasteiger charge is -2.27. The van der Waals surface area contributed by atoms with E-state index in [1.165, 1.54) is 0 Å². The number of likely N-dealkylation sites (tertiary alicyclic amines) is 1. The number of anilines is 1. The van der Waals surface area contributed by atoms with Gasteiger partial charge in [-0.05, 0) is 44.4 Å². The first-order valence-corrected chi connectivity index (χ1v) is 9.11. The van der Waals surface area contributed by atoms with Crippen molar-refractivity contribution in [3.8, 4) is 0 Å². The molecule has 1 saturated heterocycles. The lowest BCUT2D eigenvalue weighted by molar-refractivity contribution is -0.140. The highest BCUT2D eigenvalue weighted by Gasteiger charge is 2.69. The van der Waals surface area contributed by atoms with Gasteiger partial charge in [-0.3, -0.25) is 9.59 Å². The minimum absolute atomic E-state index is 0.172. The molecule has 130 valence electrons. The number of hydrogen-bond acceptors (Lipinski definition) is 2. The van der Waals surface area contributed by atoms with Crippen molar-refractivity contribution in [2.45, 2.75) is 36.6 Å². The first-order valence-electron chi connectivity index (χ1n) is 7.60. The fourth-order valence-corrected chi connectivity index (χ4v) is 4.31. The van der Waals surface area contributed by atoms with Gasteiger partial charge in [0.1, 0.15) is 10.4 Å². The van der Waals surface area contributed by atoms with Gasteiger partial charge in [0.2, 0.25) is 11.8 Å². The third-order valence-corrected chi connectivity index (χ3v) is 6.21. The molecule has 1 aliphatic heterocycles. The average Bonchev–Trinajstić information content (AvgIpc) is 2.85. The van der Waals surface area contributed by atoms with Crippen molar-refractivity contribution in [1.82, 2.24) is 4.90 Å². The van der Waals surface area contributed by atoms with E-state index in [1.54, 1.807) is 30.0 Å². The Morgan fingerprint density at radius 3 is 2.33 bits per heavy atom. The summed E-state index contributed by atoms with van der Waals surface area (Å²) in [6, 6.07) is 4.25. The Labute approximate surface area is 160 Å². The molecule has 0 radical (unpaired) electrons. The number of benzene rings is 1. The molecule has 2 fully saturated rings. The minimum Gasteiger partial charge on any atom is -0.330 e. The molecular formula is C16H16Cl4N2O2. The third-order valence-electron chi connectivity index (χ3n) is 4.68. The molecule has 1 aromatic rings. The molecule has 24 heavy (non-hydrogen) atoms. The average molecular weight is 410 g/mol. The van der Waals surface area contributed by atoms with E-state index >= 15 is 0 Å². The molecule has 4 nitrogen and oxygen atoms in total. The van der Waals surface area contributed by atoms with Gasteiger partial charge in [-0.2, -0.15) is 0 Å². The summed E-state index contributed by atoms with van der Waals surface area (Å²) in [4.78, 5) is 26.9. The van der Waals surface area contributed by atoms with Gasteiger partial charge in [0.15, 0.2) is 0 Å². The van der Waals surface area contributed by atoms with Gasteiger partial charge in [-0.15, -0.1) is 23.2 Å². The normalized spacial score (nSPS) is 27.9. The van der Waals surface area contributed by atoms with Gasteiger partial charge in [-0.1, -0.05) is 23.2 Å². The summed E-state index contributed by atoms with van der Waals surface area (Å²) in [6.07, 6.45) is 1.75. The number of carbonyl (C=O) groups is 2. The number of hydrogen-bond donors (Lipinski definition) is 1. The topological polar surface area (TPSA) is 49.4 Å². The second-order valence-corrected chi connectivity index (χ2v) is 8.87. The lowest BCUT2D eigenvalue weighted by atomic mass is 10.1. The van der Waals surface area contributed by atoms with Crippen LogP contribution in [0.2, 0.25) is 10.0 Å². The number of rotatable bonds is 3. The molecule has 1 N–H and O–H groups in total. The van der Waals surface area contributed by atoms with E-state index in [2.05, 4.69) is 5.32 Å². The van der Waals surface area contributed by atoms with Crippen LogP contribution in [0.1, 0.15) is 26.2 Å². The highest BCUT2D eigenvalue weighted by atomic mass is 35.5. The van der Waals surface area contributed by atoms with Gasteiger partial charge in [-0.25, -0.2) is 0 Å². The molecular weight excluding hydrogens is 394 g/mol. The molecule has 1 aliphatic carbocycles. The van der Waals surface area contributed by atoms with Gasteiger partial charge in [0.05, 0.1) is 5.41 Å².